The van der Waals surface area contributed by atoms with Crippen LogP contribution in [0.25, 0.3) is 0 Å². The van der Waals surface area contributed by atoms with E-state index in [1.54, 1.807) is 111 Å². The number of hydrogen-bond donors (Lipinski definition) is 10. The fraction of sp³-hybridized carbons (Fsp3) is 0.487. The van der Waals surface area contributed by atoms with Gasteiger partial charge in [0.25, 0.3) is 35.4 Å². The fourth-order valence-electron chi connectivity index (χ4n) is 9.58. The molecule has 11 N–H and O–H groups in total. The van der Waals surface area contributed by atoms with E-state index in [9.17, 15) is 62.3 Å². The SMILES string of the molecule is C/C=C(\NC(=O)c1ccc(SC)c(CN)n1)C(=O)N[C@@H](CC)C(=O)O[C@H](/C=C/CCC)CC(=O)O.C/C=C(\NC(=O)c1ccc(SC)c(CNC(=O)OC(C)(C)C)n1)C(=O)N[C@@H](CC)C(=O)O[C@H](/C=C/CCC)CC(C)=O.C/C=C1\NC(=O)c2ccc(SC)c(n2)CNC(=O)C[C@@H](/C=C/CCC)OC(=O)[C@H](CC)NC1=O.CC#N. The smallest absolute Gasteiger partial charge is 0.407 e. The highest BCUT2D eigenvalue weighted by atomic mass is 32.2. The molecule has 6 atom stereocenters. The molecule has 1 aliphatic heterocycles. The van der Waals surface area contributed by atoms with Crippen LogP contribution in [-0.2, 0) is 81.7 Å². The zero-order valence-corrected chi connectivity index (χ0v) is 70.7. The van der Waals surface area contributed by atoms with Crippen LogP contribution in [0, 0.1) is 11.3 Å². The summed E-state index contributed by atoms with van der Waals surface area (Å²) in [6.07, 6.45) is 22.4. The highest BCUT2D eigenvalue weighted by Crippen LogP contribution is 2.23. The summed E-state index contributed by atoms with van der Waals surface area (Å²) in [6, 6.07) is 8.56. The van der Waals surface area contributed by atoms with Gasteiger partial charge < -0.3 is 72.3 Å². The van der Waals surface area contributed by atoms with Crippen molar-refractivity contribution in [3.63, 3.8) is 0 Å². The van der Waals surface area contributed by atoms with Crippen LogP contribution in [0.1, 0.15) is 223 Å². The Hall–Kier alpha value is -10.5. The van der Waals surface area contributed by atoms with Gasteiger partial charge in [-0.3, -0.25) is 43.2 Å². The third-order valence-corrected chi connectivity index (χ3v) is 17.8. The molecule has 0 radical (unpaired) electrons. The molecule has 0 fully saturated rings. The second kappa shape index (κ2) is 55.9. The second-order valence-corrected chi connectivity index (χ2v) is 28.2. The zero-order chi connectivity index (χ0) is 86.0. The summed E-state index contributed by atoms with van der Waals surface area (Å²) in [4.78, 5) is 178. The van der Waals surface area contributed by atoms with E-state index >= 15 is 0 Å². The van der Waals surface area contributed by atoms with Crippen LogP contribution in [0.5, 0.6) is 0 Å². The molecular weight excluding hydrogens is 1530 g/mol. The molecule has 1 aliphatic rings. The number of unbranched alkanes of at least 4 members (excludes halogenated alkanes) is 3. The number of nitrogens with one attached hydrogen (secondary N) is 8. The minimum atomic E-state index is -1.11. The summed E-state index contributed by atoms with van der Waals surface area (Å²) < 4.78 is 21.7. The Morgan fingerprint density at radius 3 is 1.62 bits per heavy atom. The summed E-state index contributed by atoms with van der Waals surface area (Å²) in [6.45, 7) is 24.2. The molecule has 4 rings (SSSR count). The molecule has 0 aromatic carbocycles. The number of pyridine rings is 3. The van der Waals surface area contributed by atoms with Crippen LogP contribution in [0.4, 0.5) is 4.79 Å². The van der Waals surface area contributed by atoms with Crippen LogP contribution in [0.15, 0.2) is 123 Å². The number of carbonyl (C=O) groups is 13. The maximum Gasteiger partial charge on any atom is 0.407 e. The van der Waals surface area contributed by atoms with Crippen LogP contribution in [-0.4, -0.2) is 158 Å². The van der Waals surface area contributed by atoms with Crippen molar-refractivity contribution in [1.82, 2.24) is 57.5 Å². The van der Waals surface area contributed by atoms with Gasteiger partial charge in [0.05, 0.1) is 49.1 Å². The molecule has 34 heteroatoms. The standard InChI is InChI=1S/C30H44N4O7S.C24H34N4O6S.C24H32N4O5S.C2H3N/c1-9-12-13-14-20(17-19(4)35)40-28(38)22(11-3)34-26(36)21(10-2)33-27(37)23-15-16-25(42-8)24(32-23)18-31-29(39)41-30(5,6)7;1-5-8-9-10-15(13-21(29)30)34-24(33)17(7-3)28-22(31)16(6-2)27-23(32)18-11-12-20(35-4)19(14-25)26-18;1-5-8-9-10-15-13-21(29)25-14-19-20(34-4)12-11-18(26-19)23(31)27-16(6-2)22(30)28-17(7-3)24(32)33-15;1-2-3/h10,13-16,20,22H,9,11-12,17-18H2,1-8H3,(H,31,39)(H,33,37)(H,34,36);6,9-12,15,17H,5,7-8,13-14,25H2,1-4H3,(H,27,32)(H,28,31)(H,29,30);6,9-12,15,17H,5,7-8,13-14H2,1-4H3,(H,25,29)(H,27,31)(H,28,30);1H3/b14-13+,21-10-;2*10-9+,16-6-;/t20-,22+;2*15-,17+;/m111./s1. The number of nitrogens with zero attached hydrogens (tertiary/aromatic N) is 4. The fourth-order valence-corrected chi connectivity index (χ4v) is 11.3. The van der Waals surface area contributed by atoms with Gasteiger partial charge in [0, 0.05) is 34.6 Å². The molecule has 0 saturated carbocycles. The Kier molecular flexibility index (Phi) is 49.7. The Balaban J connectivity index is 0.000000845. The Bertz CT molecular complexity index is 4000. The van der Waals surface area contributed by atoms with Crippen LogP contribution < -0.4 is 48.3 Å². The third kappa shape index (κ3) is 38.8. The number of ether oxygens (including phenoxy) is 4. The predicted octanol–water partition coefficient (Wildman–Crippen LogP) is 10.3. The minimum Gasteiger partial charge on any atom is -0.481 e. The number of carboxylic acids is 1. The van der Waals surface area contributed by atoms with E-state index < -0.39 is 107 Å². The van der Waals surface area contributed by atoms with Crippen LogP contribution in [0.3, 0.4) is 0 Å². The number of rotatable bonds is 34. The van der Waals surface area contributed by atoms with Gasteiger partial charge in [-0.1, -0.05) is 97.3 Å². The largest absolute Gasteiger partial charge is 0.481 e. The number of aromatic nitrogens is 3. The number of amides is 8. The maximum absolute atomic E-state index is 13.0. The van der Waals surface area contributed by atoms with Gasteiger partial charge in [-0.05, 0) is 160 Å². The van der Waals surface area contributed by atoms with E-state index in [-0.39, 0.29) is 104 Å². The molecule has 2 bridgehead atoms. The van der Waals surface area contributed by atoms with Crippen molar-refractivity contribution in [3.8, 4) is 6.07 Å². The predicted molar refractivity (Wildman–Crippen MR) is 436 cm³/mol. The van der Waals surface area contributed by atoms with Crippen LogP contribution in [0.2, 0.25) is 0 Å². The molecular formula is C80H113N13O18S3. The lowest BCUT2D eigenvalue weighted by Crippen LogP contribution is -2.46. The number of ketones is 1. The van der Waals surface area contributed by atoms with Gasteiger partial charge in [-0.25, -0.2) is 34.1 Å². The average molecular weight is 1640 g/mol. The van der Waals surface area contributed by atoms with E-state index in [0.29, 0.717) is 23.5 Å². The molecule has 3 aromatic rings. The first-order valence-electron chi connectivity index (χ1n) is 37.2. The summed E-state index contributed by atoms with van der Waals surface area (Å²) >= 11 is 4.29. The molecule has 3 aromatic heterocycles. The van der Waals surface area contributed by atoms with E-state index in [2.05, 4.69) is 57.5 Å². The number of nitriles is 1. The third-order valence-electron chi connectivity index (χ3n) is 15.4. The quantitative estimate of drug-likeness (QED) is 0.00873. The molecule has 31 nitrogen and oxygen atoms in total. The molecule has 0 spiro atoms. The van der Waals surface area contributed by atoms with Crippen molar-refractivity contribution in [3.05, 3.63) is 142 Å². The summed E-state index contributed by atoms with van der Waals surface area (Å²) in [5.41, 5.74) is 6.64. The Labute approximate surface area is 681 Å². The Morgan fingerprint density at radius 2 is 1.18 bits per heavy atom. The van der Waals surface area contributed by atoms with Gasteiger partial charge in [0.1, 0.15) is 82.0 Å². The molecule has 4 heterocycles. The molecule has 0 saturated heterocycles. The first kappa shape index (κ1) is 102. The van der Waals surface area contributed by atoms with Crippen molar-refractivity contribution >= 4 is 112 Å². The summed E-state index contributed by atoms with van der Waals surface area (Å²) in [7, 11) is 0. The van der Waals surface area contributed by atoms with Crippen molar-refractivity contribution in [2.75, 3.05) is 18.8 Å². The van der Waals surface area contributed by atoms with Gasteiger partial charge in [0.15, 0.2) is 0 Å². The van der Waals surface area contributed by atoms with E-state index in [1.807, 2.05) is 51.7 Å². The number of nitrogens with two attached hydrogens (primary N) is 1. The van der Waals surface area contributed by atoms with E-state index in [4.69, 9.17) is 35.0 Å². The van der Waals surface area contributed by atoms with Gasteiger partial charge in [-0.2, -0.15) is 5.26 Å². The number of Topliss-reactive ketones (excluding diaryl/α,β-unsaturated/α-hetero) is 1. The first-order valence-corrected chi connectivity index (χ1v) is 40.9. The van der Waals surface area contributed by atoms with E-state index in [1.165, 1.54) is 85.6 Å². The zero-order valence-electron chi connectivity index (χ0n) is 68.2. The maximum atomic E-state index is 13.0. The van der Waals surface area contributed by atoms with Crippen LogP contribution >= 0.6 is 35.3 Å². The number of carboxylic acid groups (broad SMARTS) is 1. The topological polar surface area (TPSA) is 464 Å². The number of carbonyl (C=O) groups excluding carboxylic acids is 12. The average Bonchev–Trinajstić information content (AvgIpc) is 0.841. The number of alkyl carbamates (subject to hydrolysis) is 1. The molecule has 624 valence electrons. The highest BCUT2D eigenvalue weighted by Gasteiger charge is 2.31. The van der Waals surface area contributed by atoms with E-state index in [0.717, 1.165) is 46.8 Å². The first-order chi connectivity index (χ1) is 54.2. The van der Waals surface area contributed by atoms with Gasteiger partial charge in [0.2, 0.25) is 5.91 Å². The number of aliphatic carboxylic acids is 1. The highest BCUT2D eigenvalue weighted by molar-refractivity contribution is 7.99. The number of hydrogen-bond acceptors (Lipinski definition) is 25. The lowest BCUT2D eigenvalue weighted by atomic mass is 10.1. The molecule has 0 aliphatic carbocycles. The number of fused-ring (bicyclic) bond motifs is 2. The molecule has 8 amide bonds. The second-order valence-electron chi connectivity index (χ2n) is 25.7. The normalized spacial score (nSPS) is 15.5. The number of thioether (sulfide) groups is 3. The van der Waals surface area contributed by atoms with Crippen molar-refractivity contribution in [1.29, 1.82) is 5.26 Å². The van der Waals surface area contributed by atoms with Crippen molar-refractivity contribution in [2.24, 2.45) is 5.73 Å². The van der Waals surface area contributed by atoms with Gasteiger partial charge in [-0.15, -0.1) is 35.3 Å². The number of cyclic esters (lactones) is 1. The lowest BCUT2D eigenvalue weighted by molar-refractivity contribution is -0.154. The monoisotopic (exact) mass is 1640 g/mol. The van der Waals surface area contributed by atoms with Crippen molar-refractivity contribution < 1.29 is 86.4 Å². The summed E-state index contributed by atoms with van der Waals surface area (Å²) in [5.74, 6) is -7.51. The number of allylic oxidation sites excluding steroid dienone is 6. The molecule has 114 heavy (non-hydrogen) atoms. The molecule has 0 unspecified atom stereocenters. The van der Waals surface area contributed by atoms with Crippen molar-refractivity contribution in [2.45, 2.75) is 250 Å². The summed E-state index contributed by atoms with van der Waals surface area (Å²) in [5, 5.41) is 37.1. The minimum absolute atomic E-state index is 0.00617. The number of esters is 3. The van der Waals surface area contributed by atoms with Gasteiger partial charge >= 0.3 is 30.0 Å². The lowest BCUT2D eigenvalue weighted by Gasteiger charge is -2.21. The Morgan fingerprint density at radius 1 is 0.702 bits per heavy atom.